The van der Waals surface area contributed by atoms with Gasteiger partial charge in [-0.25, -0.2) is 4.68 Å². The van der Waals surface area contributed by atoms with Crippen LogP contribution < -0.4 is 4.90 Å². The van der Waals surface area contributed by atoms with E-state index in [1.807, 2.05) is 43.0 Å². The van der Waals surface area contributed by atoms with Crippen molar-refractivity contribution in [2.45, 2.75) is 6.54 Å². The van der Waals surface area contributed by atoms with Gasteiger partial charge in [-0.05, 0) is 29.8 Å². The molecule has 0 saturated heterocycles. The van der Waals surface area contributed by atoms with E-state index in [9.17, 15) is 0 Å². The van der Waals surface area contributed by atoms with Crippen LogP contribution in [0.5, 0.6) is 0 Å². The first kappa shape index (κ1) is 11.7. The fourth-order valence-corrected chi connectivity index (χ4v) is 2.11. The highest BCUT2D eigenvalue weighted by atomic mass is 15.4. The number of hydrogen-bond acceptors (Lipinski definition) is 3. The summed E-state index contributed by atoms with van der Waals surface area (Å²) < 4.78 is 1.93. The van der Waals surface area contributed by atoms with Crippen molar-refractivity contribution >= 4 is 16.7 Å². The summed E-state index contributed by atoms with van der Waals surface area (Å²) in [5, 5.41) is 8.37. The molecule has 3 rings (SSSR count). The van der Waals surface area contributed by atoms with Crippen LogP contribution in [0.25, 0.3) is 11.0 Å². The maximum atomic E-state index is 4.20. The molecule has 4 nitrogen and oxygen atoms in total. The van der Waals surface area contributed by atoms with Gasteiger partial charge >= 0.3 is 0 Å². The number of para-hydroxylation sites is 1. The van der Waals surface area contributed by atoms with Gasteiger partial charge in [-0.1, -0.05) is 29.5 Å². The zero-order chi connectivity index (χ0) is 13.2. The molecule has 0 aliphatic rings. The van der Waals surface area contributed by atoms with Crippen LogP contribution in [-0.4, -0.2) is 29.1 Å². The molecule has 0 aliphatic heterocycles. The summed E-state index contributed by atoms with van der Waals surface area (Å²) >= 11 is 0. The molecule has 0 saturated carbocycles. The van der Waals surface area contributed by atoms with Crippen LogP contribution in [0.2, 0.25) is 0 Å². The second-order valence-electron chi connectivity index (χ2n) is 4.80. The van der Waals surface area contributed by atoms with Gasteiger partial charge < -0.3 is 4.90 Å². The Hall–Kier alpha value is -2.36. The molecule has 0 fully saturated rings. The molecule has 19 heavy (non-hydrogen) atoms. The summed E-state index contributed by atoms with van der Waals surface area (Å²) in [6.45, 7) is 0.744. The molecule has 0 bridgehead atoms. The van der Waals surface area contributed by atoms with Crippen LogP contribution in [-0.2, 0) is 6.54 Å². The fraction of sp³-hybridized carbons (Fsp3) is 0.200. The molecule has 0 atom stereocenters. The number of nitrogens with zero attached hydrogens (tertiary/aromatic N) is 4. The molecule has 0 aliphatic carbocycles. The molecular formula is C15H16N4. The van der Waals surface area contributed by atoms with Gasteiger partial charge in [0.1, 0.15) is 5.52 Å². The molecule has 0 N–H and O–H groups in total. The first-order valence-corrected chi connectivity index (χ1v) is 6.28. The summed E-state index contributed by atoms with van der Waals surface area (Å²) in [6, 6.07) is 16.5. The zero-order valence-corrected chi connectivity index (χ0v) is 11.1. The van der Waals surface area contributed by atoms with Crippen LogP contribution in [0.3, 0.4) is 0 Å². The van der Waals surface area contributed by atoms with E-state index < -0.39 is 0 Å². The van der Waals surface area contributed by atoms with Crippen LogP contribution in [0.1, 0.15) is 5.56 Å². The van der Waals surface area contributed by atoms with Crippen LogP contribution in [0.15, 0.2) is 48.5 Å². The average Bonchev–Trinajstić information content (AvgIpc) is 2.83. The van der Waals surface area contributed by atoms with E-state index in [0.29, 0.717) is 0 Å². The van der Waals surface area contributed by atoms with E-state index in [-0.39, 0.29) is 0 Å². The minimum absolute atomic E-state index is 0.744. The van der Waals surface area contributed by atoms with Gasteiger partial charge in [0, 0.05) is 19.8 Å². The maximum absolute atomic E-state index is 4.20. The fourth-order valence-electron chi connectivity index (χ4n) is 2.11. The Bertz CT molecular complexity index is 683. The minimum atomic E-state index is 0.744. The second kappa shape index (κ2) is 4.72. The molecule has 0 radical (unpaired) electrons. The van der Waals surface area contributed by atoms with E-state index in [1.165, 1.54) is 11.3 Å². The number of anilines is 1. The Morgan fingerprint density at radius 2 is 1.74 bits per heavy atom. The van der Waals surface area contributed by atoms with Crippen molar-refractivity contribution in [2.75, 3.05) is 19.0 Å². The lowest BCUT2D eigenvalue weighted by Gasteiger charge is -2.12. The highest BCUT2D eigenvalue weighted by Crippen LogP contribution is 2.15. The van der Waals surface area contributed by atoms with Gasteiger partial charge in [0.15, 0.2) is 0 Å². The molecule has 3 aromatic rings. The summed E-state index contributed by atoms with van der Waals surface area (Å²) in [6.07, 6.45) is 0. The topological polar surface area (TPSA) is 34.0 Å². The van der Waals surface area contributed by atoms with Crippen LogP contribution in [0.4, 0.5) is 5.69 Å². The first-order valence-electron chi connectivity index (χ1n) is 6.28. The minimum Gasteiger partial charge on any atom is -0.378 e. The molecule has 0 spiro atoms. The quantitative estimate of drug-likeness (QED) is 0.718. The van der Waals surface area contributed by atoms with Crippen molar-refractivity contribution in [3.05, 3.63) is 54.1 Å². The van der Waals surface area contributed by atoms with E-state index in [2.05, 4.69) is 39.5 Å². The zero-order valence-electron chi connectivity index (χ0n) is 11.1. The highest BCUT2D eigenvalue weighted by molar-refractivity contribution is 5.73. The Labute approximate surface area is 112 Å². The van der Waals surface area contributed by atoms with Crippen LogP contribution in [0, 0.1) is 0 Å². The molecular weight excluding hydrogens is 236 g/mol. The van der Waals surface area contributed by atoms with Crippen molar-refractivity contribution in [3.8, 4) is 0 Å². The summed E-state index contributed by atoms with van der Waals surface area (Å²) in [7, 11) is 4.08. The predicted molar refractivity (Wildman–Crippen MR) is 77.4 cm³/mol. The molecule has 2 aromatic carbocycles. The van der Waals surface area contributed by atoms with Gasteiger partial charge in [0.2, 0.25) is 0 Å². The smallest absolute Gasteiger partial charge is 0.113 e. The first-order chi connectivity index (χ1) is 9.24. The van der Waals surface area contributed by atoms with Crippen molar-refractivity contribution in [2.24, 2.45) is 0 Å². The van der Waals surface area contributed by atoms with E-state index in [0.717, 1.165) is 17.6 Å². The SMILES string of the molecule is CN(C)c1ccc(Cn2nnc3ccccc32)cc1. The molecule has 96 valence electrons. The van der Waals surface area contributed by atoms with E-state index in [1.54, 1.807) is 0 Å². The molecule has 1 aromatic heterocycles. The van der Waals surface area contributed by atoms with Crippen molar-refractivity contribution in [3.63, 3.8) is 0 Å². The van der Waals surface area contributed by atoms with Gasteiger partial charge in [-0.2, -0.15) is 0 Å². The third-order valence-electron chi connectivity index (χ3n) is 3.21. The highest BCUT2D eigenvalue weighted by Gasteiger charge is 2.04. The van der Waals surface area contributed by atoms with Crippen molar-refractivity contribution < 1.29 is 0 Å². The number of benzene rings is 2. The van der Waals surface area contributed by atoms with Gasteiger partial charge in [-0.3, -0.25) is 0 Å². The van der Waals surface area contributed by atoms with Gasteiger partial charge in [0.05, 0.1) is 12.1 Å². The lowest BCUT2D eigenvalue weighted by Crippen LogP contribution is -2.08. The van der Waals surface area contributed by atoms with Crippen molar-refractivity contribution in [1.29, 1.82) is 0 Å². The standard InChI is InChI=1S/C15H16N4/c1-18(2)13-9-7-12(8-10-13)11-19-15-6-4-3-5-14(15)16-17-19/h3-10H,11H2,1-2H3. The molecule has 4 heteroatoms. The molecule has 1 heterocycles. The normalized spacial score (nSPS) is 10.8. The number of hydrogen-bond donors (Lipinski definition) is 0. The van der Waals surface area contributed by atoms with Gasteiger partial charge in [0.25, 0.3) is 0 Å². The number of rotatable bonds is 3. The Morgan fingerprint density at radius 1 is 1.00 bits per heavy atom. The van der Waals surface area contributed by atoms with Gasteiger partial charge in [-0.15, -0.1) is 5.10 Å². The lowest BCUT2D eigenvalue weighted by molar-refractivity contribution is 0.670. The third kappa shape index (κ3) is 2.29. The summed E-state index contributed by atoms with van der Waals surface area (Å²) in [4.78, 5) is 2.09. The number of fused-ring (bicyclic) bond motifs is 1. The second-order valence-corrected chi connectivity index (χ2v) is 4.80. The lowest BCUT2D eigenvalue weighted by atomic mass is 10.2. The predicted octanol–water partition coefficient (Wildman–Crippen LogP) is 2.55. The van der Waals surface area contributed by atoms with E-state index in [4.69, 9.17) is 0 Å². The summed E-state index contributed by atoms with van der Waals surface area (Å²) in [5.41, 5.74) is 4.43. The van der Waals surface area contributed by atoms with E-state index >= 15 is 0 Å². The molecule has 0 unspecified atom stereocenters. The Balaban J connectivity index is 1.88. The largest absolute Gasteiger partial charge is 0.378 e. The maximum Gasteiger partial charge on any atom is 0.113 e. The Morgan fingerprint density at radius 3 is 2.47 bits per heavy atom. The Kier molecular flexibility index (Phi) is 2.91. The summed E-state index contributed by atoms with van der Waals surface area (Å²) in [5.74, 6) is 0. The monoisotopic (exact) mass is 252 g/mol. The third-order valence-corrected chi connectivity index (χ3v) is 3.21. The van der Waals surface area contributed by atoms with Crippen molar-refractivity contribution in [1.82, 2.24) is 15.0 Å². The number of aromatic nitrogens is 3. The molecule has 0 amide bonds. The average molecular weight is 252 g/mol. The van der Waals surface area contributed by atoms with Crippen LogP contribution >= 0.6 is 0 Å².